The highest BCUT2D eigenvalue weighted by molar-refractivity contribution is 5.76. The van der Waals surface area contributed by atoms with E-state index in [9.17, 15) is 9.18 Å². The molecule has 116 valence electrons. The number of likely N-dealkylation sites (tertiary alicyclic amines) is 1. The smallest absolute Gasteiger partial charge is 0.231 e. The third kappa shape index (κ3) is 3.00. The van der Waals surface area contributed by atoms with Crippen LogP contribution in [-0.2, 0) is 4.79 Å². The lowest BCUT2D eigenvalue weighted by atomic mass is 9.97. The van der Waals surface area contributed by atoms with Crippen molar-refractivity contribution in [3.8, 4) is 11.4 Å². The number of piperidine rings is 1. The molecule has 2 heterocycles. The summed E-state index contributed by atoms with van der Waals surface area (Å²) in [7, 11) is 0. The molecule has 0 saturated carbocycles. The second kappa shape index (κ2) is 6.25. The van der Waals surface area contributed by atoms with Crippen LogP contribution in [0.5, 0.6) is 0 Å². The van der Waals surface area contributed by atoms with Crippen LogP contribution in [0.25, 0.3) is 11.4 Å². The second-order valence-corrected chi connectivity index (χ2v) is 5.50. The fourth-order valence-electron chi connectivity index (χ4n) is 2.77. The van der Waals surface area contributed by atoms with Gasteiger partial charge in [0.15, 0.2) is 0 Å². The van der Waals surface area contributed by atoms with Gasteiger partial charge in [-0.25, -0.2) is 4.39 Å². The lowest BCUT2D eigenvalue weighted by molar-refractivity contribution is -0.132. The minimum absolute atomic E-state index is 0.0547. The Kier molecular flexibility index (Phi) is 4.18. The Hall–Kier alpha value is -2.24. The van der Waals surface area contributed by atoms with Crippen molar-refractivity contribution in [1.29, 1.82) is 0 Å². The standard InChI is InChI=1S/C16H18FN3O2/c1-2-14(21)20-8-4-6-12(10-20)16-18-15(19-22-16)11-5-3-7-13(17)9-11/h3,5,7,9,12H,2,4,6,8,10H2,1H3. The number of amides is 1. The molecule has 1 unspecified atom stereocenters. The third-order valence-electron chi connectivity index (χ3n) is 3.95. The van der Waals surface area contributed by atoms with Crippen molar-refractivity contribution in [2.45, 2.75) is 32.1 Å². The predicted octanol–water partition coefficient (Wildman–Crippen LogP) is 2.99. The summed E-state index contributed by atoms with van der Waals surface area (Å²) >= 11 is 0. The van der Waals surface area contributed by atoms with Crippen molar-refractivity contribution >= 4 is 5.91 Å². The second-order valence-electron chi connectivity index (χ2n) is 5.50. The van der Waals surface area contributed by atoms with E-state index < -0.39 is 0 Å². The molecule has 0 spiro atoms. The van der Waals surface area contributed by atoms with Crippen molar-refractivity contribution in [2.24, 2.45) is 0 Å². The summed E-state index contributed by atoms with van der Waals surface area (Å²) < 4.78 is 18.6. The highest BCUT2D eigenvalue weighted by atomic mass is 19.1. The van der Waals surface area contributed by atoms with E-state index in [2.05, 4.69) is 10.1 Å². The fourth-order valence-corrected chi connectivity index (χ4v) is 2.77. The number of halogens is 1. The van der Waals surface area contributed by atoms with Gasteiger partial charge in [-0.2, -0.15) is 4.98 Å². The van der Waals surface area contributed by atoms with Crippen LogP contribution in [0.1, 0.15) is 38.0 Å². The van der Waals surface area contributed by atoms with Gasteiger partial charge in [0.25, 0.3) is 0 Å². The van der Waals surface area contributed by atoms with Crippen molar-refractivity contribution in [2.75, 3.05) is 13.1 Å². The molecule has 1 fully saturated rings. The van der Waals surface area contributed by atoms with Crippen molar-refractivity contribution in [1.82, 2.24) is 15.0 Å². The van der Waals surface area contributed by atoms with Crippen molar-refractivity contribution in [3.05, 3.63) is 36.0 Å². The molecule has 0 bridgehead atoms. The van der Waals surface area contributed by atoms with Crippen LogP contribution in [0, 0.1) is 5.82 Å². The monoisotopic (exact) mass is 303 g/mol. The zero-order chi connectivity index (χ0) is 15.5. The Morgan fingerprint density at radius 1 is 1.50 bits per heavy atom. The molecule has 0 radical (unpaired) electrons. The van der Waals surface area contributed by atoms with E-state index in [0.29, 0.717) is 30.2 Å². The summed E-state index contributed by atoms with van der Waals surface area (Å²) in [6.07, 6.45) is 2.34. The normalized spacial score (nSPS) is 18.5. The molecule has 2 aromatic rings. The van der Waals surface area contributed by atoms with Gasteiger partial charge in [0.1, 0.15) is 5.82 Å². The van der Waals surface area contributed by atoms with Gasteiger partial charge in [-0.1, -0.05) is 24.2 Å². The zero-order valence-corrected chi connectivity index (χ0v) is 12.5. The van der Waals surface area contributed by atoms with Crippen LogP contribution in [0.15, 0.2) is 28.8 Å². The maximum atomic E-state index is 13.3. The molecule has 5 nitrogen and oxygen atoms in total. The van der Waals surface area contributed by atoms with Crippen LogP contribution in [0.2, 0.25) is 0 Å². The summed E-state index contributed by atoms with van der Waals surface area (Å²) in [4.78, 5) is 18.1. The first-order valence-corrected chi connectivity index (χ1v) is 7.54. The molecule has 6 heteroatoms. The van der Waals surface area contributed by atoms with E-state index in [4.69, 9.17) is 4.52 Å². The van der Waals surface area contributed by atoms with Crippen LogP contribution in [0.3, 0.4) is 0 Å². The Balaban J connectivity index is 1.77. The number of hydrogen-bond donors (Lipinski definition) is 0. The number of carbonyl (C=O) groups excluding carboxylic acids is 1. The lowest BCUT2D eigenvalue weighted by Crippen LogP contribution is -2.38. The largest absolute Gasteiger partial charge is 0.342 e. The van der Waals surface area contributed by atoms with E-state index in [0.717, 1.165) is 19.4 Å². The quantitative estimate of drug-likeness (QED) is 0.874. The van der Waals surface area contributed by atoms with E-state index in [1.807, 2.05) is 11.8 Å². The number of hydrogen-bond acceptors (Lipinski definition) is 4. The van der Waals surface area contributed by atoms with Crippen LogP contribution >= 0.6 is 0 Å². The molecule has 1 aromatic heterocycles. The topological polar surface area (TPSA) is 59.2 Å². The van der Waals surface area contributed by atoms with Crippen LogP contribution in [-0.4, -0.2) is 34.0 Å². The molecule has 0 N–H and O–H groups in total. The fraction of sp³-hybridized carbons (Fsp3) is 0.438. The van der Waals surface area contributed by atoms with Crippen LogP contribution in [0.4, 0.5) is 4.39 Å². The van der Waals surface area contributed by atoms with E-state index in [-0.39, 0.29) is 17.6 Å². The summed E-state index contributed by atoms with van der Waals surface area (Å²) in [5, 5.41) is 3.94. The zero-order valence-electron chi connectivity index (χ0n) is 12.5. The number of rotatable bonds is 3. The lowest BCUT2D eigenvalue weighted by Gasteiger charge is -2.30. The average Bonchev–Trinajstić information content (AvgIpc) is 3.04. The van der Waals surface area contributed by atoms with Crippen molar-refractivity contribution in [3.63, 3.8) is 0 Å². The molecule has 1 aliphatic heterocycles. The highest BCUT2D eigenvalue weighted by Gasteiger charge is 2.28. The maximum Gasteiger partial charge on any atom is 0.231 e. The van der Waals surface area contributed by atoms with E-state index in [1.54, 1.807) is 12.1 Å². The molecular formula is C16H18FN3O2. The number of aromatic nitrogens is 2. The first-order chi connectivity index (χ1) is 10.7. The minimum atomic E-state index is -0.332. The molecular weight excluding hydrogens is 285 g/mol. The summed E-state index contributed by atoms with van der Waals surface area (Å²) in [6.45, 7) is 3.26. The van der Waals surface area contributed by atoms with Gasteiger partial charge in [0.05, 0.1) is 5.92 Å². The third-order valence-corrected chi connectivity index (χ3v) is 3.95. The van der Waals surface area contributed by atoms with Gasteiger partial charge >= 0.3 is 0 Å². The van der Waals surface area contributed by atoms with E-state index >= 15 is 0 Å². The summed E-state index contributed by atoms with van der Waals surface area (Å²) in [6, 6.07) is 6.11. The molecule has 1 saturated heterocycles. The first kappa shape index (κ1) is 14.7. The Labute approximate surface area is 128 Å². The molecule has 1 aromatic carbocycles. The molecule has 1 atom stereocenters. The van der Waals surface area contributed by atoms with Crippen molar-refractivity contribution < 1.29 is 13.7 Å². The number of nitrogens with zero attached hydrogens (tertiary/aromatic N) is 3. The van der Waals surface area contributed by atoms with Gasteiger partial charge < -0.3 is 9.42 Å². The minimum Gasteiger partial charge on any atom is -0.342 e. The van der Waals surface area contributed by atoms with Gasteiger partial charge in [0.2, 0.25) is 17.6 Å². The number of carbonyl (C=O) groups is 1. The SMILES string of the molecule is CCC(=O)N1CCCC(c2nc(-c3cccc(F)c3)no2)C1. The maximum absolute atomic E-state index is 13.3. The Bertz CT molecular complexity index is 671. The highest BCUT2D eigenvalue weighted by Crippen LogP contribution is 2.28. The molecule has 22 heavy (non-hydrogen) atoms. The molecule has 1 amide bonds. The van der Waals surface area contributed by atoms with E-state index in [1.165, 1.54) is 12.1 Å². The summed E-state index contributed by atoms with van der Waals surface area (Å²) in [5.41, 5.74) is 0.590. The molecule has 1 aliphatic rings. The Morgan fingerprint density at radius 2 is 2.36 bits per heavy atom. The van der Waals surface area contributed by atoms with Gasteiger partial charge in [-0.3, -0.25) is 4.79 Å². The van der Waals surface area contributed by atoms with Gasteiger partial charge in [0, 0.05) is 25.1 Å². The first-order valence-electron chi connectivity index (χ1n) is 7.54. The molecule has 3 rings (SSSR count). The molecule has 0 aliphatic carbocycles. The summed E-state index contributed by atoms with van der Waals surface area (Å²) in [5.74, 6) is 0.774. The predicted molar refractivity (Wildman–Crippen MR) is 78.5 cm³/mol. The van der Waals surface area contributed by atoms with Crippen LogP contribution < -0.4 is 0 Å². The average molecular weight is 303 g/mol. The van der Waals surface area contributed by atoms with Gasteiger partial charge in [-0.15, -0.1) is 0 Å². The Morgan fingerprint density at radius 3 is 3.14 bits per heavy atom. The number of benzene rings is 1. The van der Waals surface area contributed by atoms with Gasteiger partial charge in [-0.05, 0) is 25.0 Å².